The van der Waals surface area contributed by atoms with Gasteiger partial charge in [-0.2, -0.15) is 0 Å². The van der Waals surface area contributed by atoms with Gasteiger partial charge in [0.2, 0.25) is 0 Å². The highest BCUT2D eigenvalue weighted by Crippen LogP contribution is 2.30. The zero-order valence-corrected chi connectivity index (χ0v) is 11.8. The van der Waals surface area contributed by atoms with Crippen LogP contribution in [-0.2, 0) is 4.74 Å². The average molecular weight is 287 g/mol. The lowest BCUT2D eigenvalue weighted by Crippen LogP contribution is -2.25. The fourth-order valence-corrected chi connectivity index (χ4v) is 2.17. The number of hydrogen-bond acceptors (Lipinski definition) is 4. The van der Waals surface area contributed by atoms with Crippen LogP contribution < -0.4 is 5.32 Å². The van der Waals surface area contributed by atoms with E-state index in [0.29, 0.717) is 35.9 Å². The van der Waals surface area contributed by atoms with Crippen LogP contribution in [0.3, 0.4) is 0 Å². The van der Waals surface area contributed by atoms with E-state index in [1.54, 1.807) is 31.4 Å². The minimum atomic E-state index is -0.345. The van der Waals surface area contributed by atoms with Gasteiger partial charge in [0.15, 0.2) is 6.29 Å². The average Bonchev–Trinajstić information content (AvgIpc) is 2.51. The van der Waals surface area contributed by atoms with Gasteiger partial charge in [0, 0.05) is 31.2 Å². The van der Waals surface area contributed by atoms with Gasteiger partial charge in [0.25, 0.3) is 5.91 Å². The topological polar surface area (TPSA) is 75.6 Å². The van der Waals surface area contributed by atoms with E-state index >= 15 is 0 Å². The molecule has 5 nitrogen and oxygen atoms in total. The van der Waals surface area contributed by atoms with Crippen molar-refractivity contribution in [3.8, 4) is 5.75 Å². The Morgan fingerprint density at radius 1 is 1.29 bits per heavy atom. The predicted molar refractivity (Wildman–Crippen MR) is 79.8 cm³/mol. The van der Waals surface area contributed by atoms with Crippen molar-refractivity contribution in [1.82, 2.24) is 5.32 Å². The predicted octanol–water partition coefficient (Wildman–Crippen LogP) is 2.12. The summed E-state index contributed by atoms with van der Waals surface area (Å²) in [6, 6.07) is 8.21. The maximum Gasteiger partial charge on any atom is 0.255 e. The number of phenols is 1. The smallest absolute Gasteiger partial charge is 0.255 e. The Hall–Kier alpha value is -2.40. The van der Waals surface area contributed by atoms with E-state index in [-0.39, 0.29) is 17.2 Å². The molecule has 0 atom stereocenters. The molecule has 0 unspecified atom stereocenters. The third-order valence-corrected chi connectivity index (χ3v) is 3.25. The van der Waals surface area contributed by atoms with Crippen LogP contribution in [0.2, 0.25) is 0 Å². The number of fused-ring (bicyclic) bond motifs is 1. The van der Waals surface area contributed by atoms with E-state index in [1.807, 2.05) is 0 Å². The summed E-state index contributed by atoms with van der Waals surface area (Å²) in [6.07, 6.45) is 1.43. The molecule has 110 valence electrons. The summed E-state index contributed by atoms with van der Waals surface area (Å²) < 4.78 is 4.90. The van der Waals surface area contributed by atoms with Crippen LogP contribution in [0.4, 0.5) is 0 Å². The number of rotatable bonds is 6. The summed E-state index contributed by atoms with van der Waals surface area (Å²) in [4.78, 5) is 23.0. The molecule has 0 radical (unpaired) electrons. The standard InChI is InChI=1S/C16H17NO4/c1-21-9-3-8-17-16(20)14-7-6-12-11(10-18)4-2-5-13(12)15(14)19/h2,4-7,10,19H,3,8-9H2,1H3,(H,17,20). The highest BCUT2D eigenvalue weighted by molar-refractivity contribution is 6.07. The van der Waals surface area contributed by atoms with E-state index in [1.165, 1.54) is 6.07 Å². The largest absolute Gasteiger partial charge is 0.506 e. The SMILES string of the molecule is COCCCNC(=O)c1ccc2c(C=O)cccc2c1O. The van der Waals surface area contributed by atoms with E-state index < -0.39 is 0 Å². The van der Waals surface area contributed by atoms with Crippen LogP contribution in [0.25, 0.3) is 10.8 Å². The number of aldehydes is 1. The second kappa shape index (κ2) is 6.85. The Kier molecular flexibility index (Phi) is 4.90. The van der Waals surface area contributed by atoms with Crippen LogP contribution in [0.15, 0.2) is 30.3 Å². The van der Waals surface area contributed by atoms with E-state index in [9.17, 15) is 14.7 Å². The third kappa shape index (κ3) is 3.20. The van der Waals surface area contributed by atoms with Gasteiger partial charge in [-0.3, -0.25) is 9.59 Å². The van der Waals surface area contributed by atoms with Crippen molar-refractivity contribution in [2.24, 2.45) is 0 Å². The molecule has 5 heteroatoms. The molecule has 0 heterocycles. The first-order chi connectivity index (χ1) is 10.2. The van der Waals surface area contributed by atoms with Gasteiger partial charge in [-0.25, -0.2) is 0 Å². The molecular weight excluding hydrogens is 270 g/mol. The summed E-state index contributed by atoms with van der Waals surface area (Å²) in [5, 5.41) is 14.1. The third-order valence-electron chi connectivity index (χ3n) is 3.25. The minimum absolute atomic E-state index is 0.111. The molecule has 0 bridgehead atoms. The molecule has 1 amide bonds. The normalized spacial score (nSPS) is 10.5. The number of methoxy groups -OCH3 is 1. The van der Waals surface area contributed by atoms with Gasteiger partial charge in [0.05, 0.1) is 5.56 Å². The number of hydrogen-bond donors (Lipinski definition) is 2. The van der Waals surface area contributed by atoms with Crippen LogP contribution in [0, 0.1) is 0 Å². The maximum atomic E-state index is 12.0. The molecule has 0 saturated carbocycles. The maximum absolute atomic E-state index is 12.0. The second-order valence-corrected chi connectivity index (χ2v) is 4.62. The number of aromatic hydroxyl groups is 1. The number of ether oxygens (including phenoxy) is 1. The molecule has 0 aromatic heterocycles. The van der Waals surface area contributed by atoms with Crippen LogP contribution in [-0.4, -0.2) is 37.6 Å². The Labute approximate surface area is 122 Å². The number of carbonyl (C=O) groups is 2. The monoisotopic (exact) mass is 287 g/mol. The van der Waals surface area contributed by atoms with Gasteiger partial charge in [-0.15, -0.1) is 0 Å². The van der Waals surface area contributed by atoms with Crippen molar-refractivity contribution in [2.45, 2.75) is 6.42 Å². The summed E-state index contributed by atoms with van der Waals surface area (Å²) in [5.41, 5.74) is 0.679. The first-order valence-corrected chi connectivity index (χ1v) is 6.66. The van der Waals surface area contributed by atoms with Gasteiger partial charge in [-0.1, -0.05) is 24.3 Å². The molecular formula is C16H17NO4. The fourth-order valence-electron chi connectivity index (χ4n) is 2.17. The molecule has 21 heavy (non-hydrogen) atoms. The highest BCUT2D eigenvalue weighted by Gasteiger charge is 2.14. The number of phenolic OH excluding ortho intramolecular Hbond substituents is 1. The Balaban J connectivity index is 2.27. The summed E-state index contributed by atoms with van der Waals surface area (Å²) in [5.74, 6) is -0.456. The van der Waals surface area contributed by atoms with E-state index in [2.05, 4.69) is 5.32 Å². The Morgan fingerprint density at radius 2 is 2.10 bits per heavy atom. The minimum Gasteiger partial charge on any atom is -0.506 e. The van der Waals surface area contributed by atoms with Crippen molar-refractivity contribution in [3.63, 3.8) is 0 Å². The fraction of sp³-hybridized carbons (Fsp3) is 0.250. The lowest BCUT2D eigenvalue weighted by molar-refractivity contribution is 0.0946. The lowest BCUT2D eigenvalue weighted by Gasteiger charge is -2.10. The summed E-state index contributed by atoms with van der Waals surface area (Å²) in [6.45, 7) is 1.03. The first kappa shape index (κ1) is 15.0. The Morgan fingerprint density at radius 3 is 2.81 bits per heavy atom. The van der Waals surface area contributed by atoms with Crippen LogP contribution in [0.5, 0.6) is 5.75 Å². The first-order valence-electron chi connectivity index (χ1n) is 6.66. The molecule has 0 fully saturated rings. The number of nitrogens with one attached hydrogen (secondary N) is 1. The quantitative estimate of drug-likeness (QED) is 0.630. The zero-order chi connectivity index (χ0) is 15.2. The highest BCUT2D eigenvalue weighted by atomic mass is 16.5. The van der Waals surface area contributed by atoms with Gasteiger partial charge in [0.1, 0.15) is 5.75 Å². The lowest BCUT2D eigenvalue weighted by atomic mass is 10.0. The number of carbonyl (C=O) groups excluding carboxylic acids is 2. The summed E-state index contributed by atoms with van der Waals surface area (Å²) in [7, 11) is 1.60. The second-order valence-electron chi connectivity index (χ2n) is 4.62. The molecule has 2 rings (SSSR count). The van der Waals surface area contributed by atoms with Crippen molar-refractivity contribution >= 4 is 23.0 Å². The number of benzene rings is 2. The van der Waals surface area contributed by atoms with Gasteiger partial charge < -0.3 is 15.2 Å². The van der Waals surface area contributed by atoms with Gasteiger partial charge >= 0.3 is 0 Å². The molecule has 0 spiro atoms. The van der Waals surface area contributed by atoms with E-state index in [0.717, 1.165) is 6.29 Å². The molecule has 0 aliphatic carbocycles. The molecule has 2 aromatic carbocycles. The van der Waals surface area contributed by atoms with Crippen LogP contribution in [0.1, 0.15) is 27.1 Å². The molecule has 2 aromatic rings. The molecule has 0 aliphatic rings. The molecule has 2 N–H and O–H groups in total. The van der Waals surface area contributed by atoms with Crippen LogP contribution >= 0.6 is 0 Å². The van der Waals surface area contributed by atoms with Crippen molar-refractivity contribution < 1.29 is 19.4 Å². The van der Waals surface area contributed by atoms with Crippen molar-refractivity contribution in [1.29, 1.82) is 0 Å². The molecule has 0 saturated heterocycles. The van der Waals surface area contributed by atoms with Gasteiger partial charge in [-0.05, 0) is 17.9 Å². The van der Waals surface area contributed by atoms with E-state index in [4.69, 9.17) is 4.74 Å². The zero-order valence-electron chi connectivity index (χ0n) is 11.8. The number of amides is 1. The summed E-state index contributed by atoms with van der Waals surface area (Å²) >= 11 is 0. The van der Waals surface area contributed by atoms with Crippen molar-refractivity contribution in [2.75, 3.05) is 20.3 Å². The Bertz CT molecular complexity index is 667. The van der Waals surface area contributed by atoms with Crippen molar-refractivity contribution in [3.05, 3.63) is 41.5 Å². The molecule has 0 aliphatic heterocycles.